The summed E-state index contributed by atoms with van der Waals surface area (Å²) >= 11 is 0. The molecule has 8 nitrogen and oxygen atoms in total. The lowest BCUT2D eigenvalue weighted by Gasteiger charge is -2.29. The Balaban J connectivity index is -0.00000134. The number of carbonyl (C=O) groups excluding carboxylic acids is 2. The number of ether oxygens (including phenoxy) is 1. The molecule has 0 saturated heterocycles. The summed E-state index contributed by atoms with van der Waals surface area (Å²) in [6.45, 7) is 19.7. The molecule has 0 aliphatic carbocycles. The molecule has 8 heteroatoms. The minimum Gasteiger partial charge on any atom is -0.396 e. The fraction of sp³-hybridized carbons (Fsp3) is 0.760. The third-order valence-corrected chi connectivity index (χ3v) is 3.80. The summed E-state index contributed by atoms with van der Waals surface area (Å²) < 4.78 is 5.95. The highest BCUT2D eigenvalue weighted by molar-refractivity contribution is 5.98. The van der Waals surface area contributed by atoms with Crippen molar-refractivity contribution in [2.75, 3.05) is 33.4 Å². The highest BCUT2D eigenvalue weighted by atomic mass is 16.5. The number of hydrogen-bond acceptors (Lipinski definition) is 6. The summed E-state index contributed by atoms with van der Waals surface area (Å²) in [7, 11) is 1.60. The lowest BCUT2D eigenvalue weighted by Crippen LogP contribution is -2.36. The van der Waals surface area contributed by atoms with Crippen LogP contribution in [0.2, 0.25) is 0 Å². The number of hydrogen-bond donors (Lipinski definition) is 2. The molecule has 0 aliphatic heterocycles. The Morgan fingerprint density at radius 2 is 1.73 bits per heavy atom. The van der Waals surface area contributed by atoms with Crippen molar-refractivity contribution in [3.8, 4) is 0 Å². The van der Waals surface area contributed by atoms with Gasteiger partial charge in [0.25, 0.3) is 0 Å². The van der Waals surface area contributed by atoms with Gasteiger partial charge in [0, 0.05) is 38.0 Å². The van der Waals surface area contributed by atoms with Crippen molar-refractivity contribution in [3.63, 3.8) is 0 Å². The van der Waals surface area contributed by atoms with E-state index in [4.69, 9.17) is 9.84 Å². The summed E-state index contributed by atoms with van der Waals surface area (Å²) in [5.41, 5.74) is -0.378. The summed E-state index contributed by atoms with van der Waals surface area (Å²) in [5.74, 6) is 0.0956. The van der Waals surface area contributed by atoms with Crippen molar-refractivity contribution < 1.29 is 19.4 Å². The monoisotopic (exact) mass is 470 g/mol. The van der Waals surface area contributed by atoms with Crippen LogP contribution in [-0.4, -0.2) is 60.8 Å². The third kappa shape index (κ3) is 26.1. The summed E-state index contributed by atoms with van der Waals surface area (Å²) in [4.78, 5) is 23.1. The zero-order valence-electron chi connectivity index (χ0n) is 22.7. The molecular weight excluding hydrogens is 420 g/mol. The van der Waals surface area contributed by atoms with E-state index in [1.165, 1.54) is 12.2 Å². The second-order valence-corrected chi connectivity index (χ2v) is 8.42. The quantitative estimate of drug-likeness (QED) is 0.212. The zero-order chi connectivity index (χ0) is 26.3. The smallest absolute Gasteiger partial charge is 0.244 e. The molecule has 0 spiro atoms. The lowest BCUT2D eigenvalue weighted by atomic mass is 10.1. The first-order chi connectivity index (χ1) is 15.5. The van der Waals surface area contributed by atoms with Gasteiger partial charge in [-0.1, -0.05) is 53.7 Å². The van der Waals surface area contributed by atoms with Gasteiger partial charge in [-0.2, -0.15) is 5.11 Å². The second kappa shape index (κ2) is 23.1. The first-order valence-electron chi connectivity index (χ1n) is 12.0. The molecule has 0 rings (SSSR count). The number of carbonyl (C=O) groups is 2. The van der Waals surface area contributed by atoms with Crippen molar-refractivity contribution in [1.29, 1.82) is 0 Å². The Morgan fingerprint density at radius 1 is 1.15 bits per heavy atom. The molecular formula is C25H50N4O4. The first kappa shape index (κ1) is 35.5. The van der Waals surface area contributed by atoms with E-state index >= 15 is 0 Å². The molecule has 0 heterocycles. The molecule has 0 radical (unpaired) electrons. The highest BCUT2D eigenvalue weighted by Gasteiger charge is 2.21. The first-order valence-corrected chi connectivity index (χ1v) is 12.0. The number of amides is 1. The molecule has 0 saturated carbocycles. The van der Waals surface area contributed by atoms with Crippen LogP contribution in [0.5, 0.6) is 0 Å². The van der Waals surface area contributed by atoms with Crippen LogP contribution < -0.4 is 5.32 Å². The van der Waals surface area contributed by atoms with Crippen LogP contribution in [0.3, 0.4) is 0 Å². The fourth-order valence-electron chi connectivity index (χ4n) is 1.98. The number of ketones is 1. The number of rotatable bonds is 14. The van der Waals surface area contributed by atoms with E-state index in [0.29, 0.717) is 32.2 Å². The molecule has 194 valence electrons. The molecule has 0 fully saturated rings. The van der Waals surface area contributed by atoms with Crippen molar-refractivity contribution in [2.45, 2.75) is 80.8 Å². The lowest BCUT2D eigenvalue weighted by molar-refractivity contribution is -0.119. The maximum atomic E-state index is 11.7. The van der Waals surface area contributed by atoms with Crippen LogP contribution in [0.4, 0.5) is 0 Å². The summed E-state index contributed by atoms with van der Waals surface area (Å²) in [6.07, 6.45) is 7.97. The molecule has 0 bridgehead atoms. The van der Waals surface area contributed by atoms with Crippen LogP contribution in [0.1, 0.15) is 75.2 Å². The van der Waals surface area contributed by atoms with Gasteiger partial charge >= 0.3 is 0 Å². The van der Waals surface area contributed by atoms with Gasteiger partial charge in [-0.25, -0.2) is 0 Å². The van der Waals surface area contributed by atoms with Gasteiger partial charge in [0.2, 0.25) is 5.91 Å². The molecule has 0 aliphatic rings. The molecule has 2 N–H and O–H groups in total. The normalized spacial score (nSPS) is 11.5. The maximum absolute atomic E-state index is 11.7. The standard InChI is InChI=1S/C20H36N4O3.C3H8O.C2H6/c1-16(2)11-14-27-20(5,6)15-24(23-21-7)13-8-12-22-19(26)10-9-18(25)17(3)4;1-2-3-4;1-2/h8-10,13,16-17H,11-12,14-15H2,1-7H3,(H,22,26);4H,2-3H2,1H3;1-2H3/b10-9+,13-8?,23-21?;;. The van der Waals surface area contributed by atoms with Gasteiger partial charge in [-0.05, 0) is 44.8 Å². The molecule has 0 unspecified atom stereocenters. The topological polar surface area (TPSA) is 104 Å². The van der Waals surface area contributed by atoms with Gasteiger partial charge in [-0.15, -0.1) is 0 Å². The van der Waals surface area contributed by atoms with Crippen molar-refractivity contribution in [2.24, 2.45) is 22.2 Å². The van der Waals surface area contributed by atoms with Crippen LogP contribution in [0, 0.1) is 11.8 Å². The SMILES string of the molecule is CC.CCCO.CN=NN(C=CCNC(=O)/C=C/C(=O)C(C)C)CC(C)(C)OCCC(C)C. The van der Waals surface area contributed by atoms with Crippen LogP contribution in [0.25, 0.3) is 0 Å². The minimum absolute atomic E-state index is 0.0741. The maximum Gasteiger partial charge on any atom is 0.244 e. The molecule has 0 aromatic rings. The summed E-state index contributed by atoms with van der Waals surface area (Å²) in [6, 6.07) is 0. The van der Waals surface area contributed by atoms with Gasteiger partial charge < -0.3 is 15.2 Å². The Morgan fingerprint density at radius 3 is 2.18 bits per heavy atom. The van der Waals surface area contributed by atoms with Crippen molar-refractivity contribution >= 4 is 11.7 Å². The van der Waals surface area contributed by atoms with Gasteiger partial charge in [0.15, 0.2) is 5.78 Å². The Kier molecular flexibility index (Phi) is 24.9. The molecule has 0 aromatic heterocycles. The molecule has 1 amide bonds. The largest absolute Gasteiger partial charge is 0.396 e. The summed E-state index contributed by atoms with van der Waals surface area (Å²) in [5, 5.41) is 20.1. The van der Waals surface area contributed by atoms with Crippen molar-refractivity contribution in [3.05, 3.63) is 24.4 Å². The second-order valence-electron chi connectivity index (χ2n) is 8.42. The average Bonchev–Trinajstić information content (AvgIpc) is 2.75. The van der Waals surface area contributed by atoms with E-state index in [2.05, 4.69) is 29.5 Å². The number of aliphatic hydroxyl groups excluding tert-OH is 1. The predicted molar refractivity (Wildman–Crippen MR) is 137 cm³/mol. The number of aliphatic hydroxyl groups is 1. The Labute approximate surface area is 202 Å². The number of nitrogens with one attached hydrogen (secondary N) is 1. The van der Waals surface area contributed by atoms with Crippen LogP contribution in [-0.2, 0) is 14.3 Å². The van der Waals surface area contributed by atoms with E-state index in [-0.39, 0.29) is 23.2 Å². The zero-order valence-corrected chi connectivity index (χ0v) is 22.7. The van der Waals surface area contributed by atoms with E-state index in [9.17, 15) is 9.59 Å². The van der Waals surface area contributed by atoms with Gasteiger partial charge in [0.1, 0.15) is 0 Å². The van der Waals surface area contributed by atoms with Crippen LogP contribution >= 0.6 is 0 Å². The van der Waals surface area contributed by atoms with E-state index in [1.807, 2.05) is 34.6 Å². The van der Waals surface area contributed by atoms with Gasteiger partial charge in [0.05, 0.1) is 19.2 Å². The molecule has 0 atom stereocenters. The highest BCUT2D eigenvalue weighted by Crippen LogP contribution is 2.14. The van der Waals surface area contributed by atoms with Crippen molar-refractivity contribution in [1.82, 2.24) is 10.3 Å². The van der Waals surface area contributed by atoms with E-state index in [1.54, 1.807) is 38.2 Å². The average molecular weight is 471 g/mol. The predicted octanol–water partition coefficient (Wildman–Crippen LogP) is 4.95. The van der Waals surface area contributed by atoms with Gasteiger partial charge in [-0.3, -0.25) is 14.6 Å². The molecule has 0 aromatic carbocycles. The third-order valence-electron chi connectivity index (χ3n) is 3.80. The Hall–Kier alpha value is -2.06. The number of allylic oxidation sites excluding steroid dienone is 1. The molecule has 33 heavy (non-hydrogen) atoms. The fourth-order valence-corrected chi connectivity index (χ4v) is 1.98. The van der Waals surface area contributed by atoms with E-state index in [0.717, 1.165) is 12.8 Å². The van der Waals surface area contributed by atoms with Crippen LogP contribution in [0.15, 0.2) is 34.8 Å². The van der Waals surface area contributed by atoms with E-state index < -0.39 is 0 Å². The minimum atomic E-state index is -0.378. The Bertz CT molecular complexity index is 569. The number of nitrogens with zero attached hydrogens (tertiary/aromatic N) is 3.